The molecular formula is C16H17FN4O3. The molecule has 0 saturated carbocycles. The third-order valence-corrected chi connectivity index (χ3v) is 4.27. The number of rotatable bonds is 4. The van der Waals surface area contributed by atoms with E-state index in [9.17, 15) is 19.1 Å². The zero-order valence-corrected chi connectivity index (χ0v) is 13.1. The first-order valence-corrected chi connectivity index (χ1v) is 7.55. The highest BCUT2D eigenvalue weighted by atomic mass is 19.1. The maximum Gasteiger partial charge on any atom is 0.311 e. The number of benzene rings is 1. The highest BCUT2D eigenvalue weighted by Gasteiger charge is 2.42. The van der Waals surface area contributed by atoms with Gasteiger partial charge in [0.25, 0.3) is 5.91 Å². The van der Waals surface area contributed by atoms with Crippen molar-refractivity contribution in [1.29, 1.82) is 0 Å². The fourth-order valence-corrected chi connectivity index (χ4v) is 2.77. The largest absolute Gasteiger partial charge is 0.481 e. The molecule has 126 valence electrons. The van der Waals surface area contributed by atoms with Crippen LogP contribution in [-0.4, -0.2) is 50.0 Å². The molecule has 1 saturated heterocycles. The smallest absolute Gasteiger partial charge is 0.311 e. The molecule has 2 aromatic rings. The van der Waals surface area contributed by atoms with Crippen LogP contribution in [0, 0.1) is 11.2 Å². The van der Waals surface area contributed by atoms with Crippen LogP contribution in [0.4, 0.5) is 4.39 Å². The van der Waals surface area contributed by atoms with Crippen LogP contribution >= 0.6 is 0 Å². The molecule has 1 aliphatic rings. The number of nitrogens with zero attached hydrogens (tertiary/aromatic N) is 4. The third-order valence-electron chi connectivity index (χ3n) is 4.27. The predicted molar refractivity (Wildman–Crippen MR) is 81.8 cm³/mol. The number of carboxylic acid groups (broad SMARTS) is 1. The minimum Gasteiger partial charge on any atom is -0.481 e. The van der Waals surface area contributed by atoms with Crippen molar-refractivity contribution >= 4 is 11.9 Å². The van der Waals surface area contributed by atoms with E-state index in [1.54, 1.807) is 19.1 Å². The van der Waals surface area contributed by atoms with Gasteiger partial charge in [-0.3, -0.25) is 9.59 Å². The number of carbonyl (C=O) groups is 2. The molecule has 1 aliphatic heterocycles. The number of amides is 1. The van der Waals surface area contributed by atoms with Gasteiger partial charge in [0.05, 0.1) is 18.2 Å². The van der Waals surface area contributed by atoms with E-state index in [0.717, 1.165) is 0 Å². The summed E-state index contributed by atoms with van der Waals surface area (Å²) in [5, 5.41) is 17.0. The molecule has 0 aliphatic carbocycles. The van der Waals surface area contributed by atoms with Crippen LogP contribution in [-0.2, 0) is 11.3 Å². The number of carbonyl (C=O) groups excluding carboxylic acids is 1. The monoisotopic (exact) mass is 332 g/mol. The molecule has 8 heteroatoms. The molecule has 1 fully saturated rings. The first kappa shape index (κ1) is 16.1. The highest BCUT2D eigenvalue weighted by molar-refractivity contribution is 5.92. The van der Waals surface area contributed by atoms with Crippen molar-refractivity contribution in [2.75, 3.05) is 13.1 Å². The molecule has 0 unspecified atom stereocenters. The topological polar surface area (TPSA) is 88.3 Å². The Morgan fingerprint density at radius 2 is 2.21 bits per heavy atom. The van der Waals surface area contributed by atoms with E-state index < -0.39 is 11.4 Å². The second-order valence-corrected chi connectivity index (χ2v) is 6.27. The number of hydrogen-bond acceptors (Lipinski definition) is 4. The van der Waals surface area contributed by atoms with Gasteiger partial charge in [0.1, 0.15) is 5.82 Å². The SMILES string of the molecule is C[C@]1(C(=O)O)CCN(C(=O)c2cn(Cc3cccc(F)c3)nn2)C1. The number of carboxylic acids is 1. The Kier molecular flexibility index (Phi) is 4.04. The van der Waals surface area contributed by atoms with Crippen LogP contribution in [0.2, 0.25) is 0 Å². The van der Waals surface area contributed by atoms with E-state index in [4.69, 9.17) is 0 Å². The lowest BCUT2D eigenvalue weighted by atomic mass is 9.90. The number of hydrogen-bond donors (Lipinski definition) is 1. The molecule has 1 N–H and O–H groups in total. The average molecular weight is 332 g/mol. The van der Waals surface area contributed by atoms with Crippen LogP contribution in [0.1, 0.15) is 29.4 Å². The summed E-state index contributed by atoms with van der Waals surface area (Å²) in [5.74, 6) is -1.59. The van der Waals surface area contributed by atoms with Gasteiger partial charge < -0.3 is 10.0 Å². The van der Waals surface area contributed by atoms with E-state index in [1.807, 2.05) is 0 Å². The van der Waals surface area contributed by atoms with Crippen LogP contribution in [0.3, 0.4) is 0 Å². The van der Waals surface area contributed by atoms with Gasteiger partial charge in [-0.05, 0) is 31.0 Å². The van der Waals surface area contributed by atoms with Gasteiger partial charge in [-0.2, -0.15) is 0 Å². The van der Waals surface area contributed by atoms with E-state index in [-0.39, 0.29) is 24.0 Å². The zero-order valence-electron chi connectivity index (χ0n) is 13.1. The van der Waals surface area contributed by atoms with Gasteiger partial charge in [-0.1, -0.05) is 17.3 Å². The molecular weight excluding hydrogens is 315 g/mol. The molecule has 1 aromatic carbocycles. The summed E-state index contributed by atoms with van der Waals surface area (Å²) < 4.78 is 14.6. The summed E-state index contributed by atoms with van der Waals surface area (Å²) in [4.78, 5) is 25.2. The Morgan fingerprint density at radius 1 is 1.42 bits per heavy atom. The Hall–Kier alpha value is -2.77. The predicted octanol–water partition coefficient (Wildman–Crippen LogP) is 1.40. The van der Waals surface area contributed by atoms with Crippen molar-refractivity contribution in [1.82, 2.24) is 19.9 Å². The summed E-state index contributed by atoms with van der Waals surface area (Å²) in [6.45, 7) is 2.45. The average Bonchev–Trinajstić information content (AvgIpc) is 3.14. The summed E-state index contributed by atoms with van der Waals surface area (Å²) in [5.41, 5.74) is -0.0627. The number of likely N-dealkylation sites (tertiary alicyclic amines) is 1. The Morgan fingerprint density at radius 3 is 2.88 bits per heavy atom. The van der Waals surface area contributed by atoms with Crippen molar-refractivity contribution < 1.29 is 19.1 Å². The van der Waals surface area contributed by atoms with Gasteiger partial charge in [0.15, 0.2) is 5.69 Å². The molecule has 7 nitrogen and oxygen atoms in total. The fraction of sp³-hybridized carbons (Fsp3) is 0.375. The molecule has 3 rings (SSSR count). The Labute approximate surface area is 137 Å². The minimum atomic E-state index is -0.923. The molecule has 2 heterocycles. The van der Waals surface area contributed by atoms with Crippen molar-refractivity contribution in [2.45, 2.75) is 19.9 Å². The molecule has 1 amide bonds. The van der Waals surface area contributed by atoms with Gasteiger partial charge in [-0.25, -0.2) is 9.07 Å². The highest BCUT2D eigenvalue weighted by Crippen LogP contribution is 2.30. The standard InChI is InChI=1S/C16H17FN4O3/c1-16(15(23)24)5-6-20(10-16)14(22)13-9-21(19-18-13)8-11-3-2-4-12(17)7-11/h2-4,7,9H,5-6,8,10H2,1H3,(H,23,24)/t16-/m0/s1. The number of aliphatic carboxylic acids is 1. The number of aromatic nitrogens is 3. The van der Waals surface area contributed by atoms with E-state index in [0.29, 0.717) is 25.1 Å². The molecule has 24 heavy (non-hydrogen) atoms. The lowest BCUT2D eigenvalue weighted by molar-refractivity contribution is -0.147. The second-order valence-electron chi connectivity index (χ2n) is 6.27. The summed E-state index contributed by atoms with van der Waals surface area (Å²) in [6.07, 6.45) is 1.90. The normalized spacial score (nSPS) is 20.3. The summed E-state index contributed by atoms with van der Waals surface area (Å²) in [6, 6.07) is 6.10. The van der Waals surface area contributed by atoms with Gasteiger partial charge in [0, 0.05) is 13.1 Å². The first-order chi connectivity index (χ1) is 11.4. The molecule has 0 radical (unpaired) electrons. The fourth-order valence-electron chi connectivity index (χ4n) is 2.77. The van der Waals surface area contributed by atoms with Crippen molar-refractivity contribution in [3.05, 3.63) is 47.5 Å². The quantitative estimate of drug-likeness (QED) is 0.914. The molecule has 1 aromatic heterocycles. The van der Waals surface area contributed by atoms with Crippen LogP contribution in [0.15, 0.2) is 30.5 Å². The van der Waals surface area contributed by atoms with Gasteiger partial charge in [-0.15, -0.1) is 5.10 Å². The molecule has 1 atom stereocenters. The maximum absolute atomic E-state index is 13.2. The van der Waals surface area contributed by atoms with Gasteiger partial charge in [0.2, 0.25) is 0 Å². The van der Waals surface area contributed by atoms with Crippen LogP contribution in [0.25, 0.3) is 0 Å². The van der Waals surface area contributed by atoms with E-state index >= 15 is 0 Å². The lowest BCUT2D eigenvalue weighted by Gasteiger charge is -2.19. The zero-order chi connectivity index (χ0) is 17.3. The van der Waals surface area contributed by atoms with E-state index in [1.165, 1.54) is 27.9 Å². The van der Waals surface area contributed by atoms with Crippen molar-refractivity contribution in [3.63, 3.8) is 0 Å². The lowest BCUT2D eigenvalue weighted by Crippen LogP contribution is -2.35. The Bertz CT molecular complexity index is 791. The summed E-state index contributed by atoms with van der Waals surface area (Å²) in [7, 11) is 0. The van der Waals surface area contributed by atoms with E-state index in [2.05, 4.69) is 10.3 Å². The summed E-state index contributed by atoms with van der Waals surface area (Å²) >= 11 is 0. The Balaban J connectivity index is 1.69. The van der Waals surface area contributed by atoms with Crippen molar-refractivity contribution in [3.8, 4) is 0 Å². The van der Waals surface area contributed by atoms with Crippen LogP contribution in [0.5, 0.6) is 0 Å². The van der Waals surface area contributed by atoms with Crippen LogP contribution < -0.4 is 0 Å². The molecule has 0 bridgehead atoms. The van der Waals surface area contributed by atoms with Crippen molar-refractivity contribution in [2.24, 2.45) is 5.41 Å². The third kappa shape index (κ3) is 3.12. The number of halogens is 1. The van der Waals surface area contributed by atoms with Gasteiger partial charge >= 0.3 is 5.97 Å². The molecule has 0 spiro atoms. The maximum atomic E-state index is 13.2. The first-order valence-electron chi connectivity index (χ1n) is 7.55. The second kappa shape index (κ2) is 6.03. The minimum absolute atomic E-state index is 0.151.